The average molecular weight is 356 g/mol. The number of hydrogen-bond donors (Lipinski definition) is 0. The van der Waals surface area contributed by atoms with Crippen LogP contribution in [0.1, 0.15) is 15.2 Å². The number of carbonyl (C=O) groups excluding carboxylic acids is 1. The molecule has 2 rings (SSSR count). The minimum absolute atomic E-state index is 0.136. The maximum Gasteiger partial charge on any atom is 0.206 e. The molecule has 0 atom stereocenters. The first kappa shape index (κ1) is 13.6. The molecule has 2 aromatic rings. The summed E-state index contributed by atoms with van der Waals surface area (Å²) < 4.78 is 40.0. The van der Waals surface area contributed by atoms with Gasteiger partial charge < -0.3 is 0 Å². The monoisotopic (exact) mass is 354 g/mol. The molecule has 0 spiro atoms. The van der Waals surface area contributed by atoms with Crippen LogP contribution in [0.15, 0.2) is 22.7 Å². The molecule has 1 heterocycles. The molecule has 0 fully saturated rings. The van der Waals surface area contributed by atoms with E-state index in [4.69, 9.17) is 11.6 Å². The Balaban J connectivity index is 2.50. The molecule has 0 saturated carbocycles. The Labute approximate surface area is 117 Å². The van der Waals surface area contributed by atoms with Gasteiger partial charge in [0, 0.05) is 4.47 Å². The van der Waals surface area contributed by atoms with E-state index in [0.29, 0.717) is 14.9 Å². The highest BCUT2D eigenvalue weighted by atomic mass is 79.9. The van der Waals surface area contributed by atoms with Gasteiger partial charge in [-0.25, -0.2) is 13.2 Å². The van der Waals surface area contributed by atoms with Crippen LogP contribution in [-0.2, 0) is 0 Å². The fourth-order valence-corrected chi connectivity index (χ4v) is 2.95. The average Bonchev–Trinajstić information content (AvgIpc) is 2.66. The van der Waals surface area contributed by atoms with Crippen molar-refractivity contribution >= 4 is 44.7 Å². The lowest BCUT2D eigenvalue weighted by atomic mass is 10.1. The first-order valence-electron chi connectivity index (χ1n) is 4.55. The maximum atomic E-state index is 13.4. The lowest BCUT2D eigenvalue weighted by molar-refractivity contribution is 0.103. The molecule has 1 nitrogen and oxygen atoms in total. The second-order valence-corrected chi connectivity index (χ2v) is 5.79. The van der Waals surface area contributed by atoms with Crippen molar-refractivity contribution in [3.63, 3.8) is 0 Å². The van der Waals surface area contributed by atoms with E-state index in [1.54, 1.807) is 0 Å². The second-order valence-electron chi connectivity index (χ2n) is 3.28. The van der Waals surface area contributed by atoms with E-state index >= 15 is 0 Å². The van der Waals surface area contributed by atoms with Crippen LogP contribution in [-0.4, -0.2) is 5.78 Å². The quantitative estimate of drug-likeness (QED) is 0.558. The van der Waals surface area contributed by atoms with Crippen molar-refractivity contribution in [2.45, 2.75) is 0 Å². The number of carbonyl (C=O) groups is 1. The van der Waals surface area contributed by atoms with Crippen LogP contribution in [0.5, 0.6) is 0 Å². The minimum atomic E-state index is -1.66. The molecule has 0 bridgehead atoms. The third-order valence-electron chi connectivity index (χ3n) is 2.15. The molecule has 1 aromatic heterocycles. The third-order valence-corrected chi connectivity index (χ3v) is 4.62. The summed E-state index contributed by atoms with van der Waals surface area (Å²) in [6.45, 7) is 0. The summed E-state index contributed by atoms with van der Waals surface area (Å²) in [6, 6.07) is 3.00. The van der Waals surface area contributed by atoms with Crippen LogP contribution in [0.3, 0.4) is 0 Å². The van der Waals surface area contributed by atoms with E-state index in [2.05, 4.69) is 15.9 Å². The smallest absolute Gasteiger partial charge is 0.206 e. The van der Waals surface area contributed by atoms with E-state index in [1.165, 1.54) is 6.07 Å². The first-order valence-corrected chi connectivity index (χ1v) is 6.53. The van der Waals surface area contributed by atoms with Gasteiger partial charge in [0.2, 0.25) is 5.78 Å². The zero-order valence-corrected chi connectivity index (χ0v) is 11.6. The maximum absolute atomic E-state index is 13.4. The number of ketones is 1. The molecule has 0 radical (unpaired) electrons. The fourth-order valence-electron chi connectivity index (χ4n) is 1.29. The largest absolute Gasteiger partial charge is 0.288 e. The highest BCUT2D eigenvalue weighted by Gasteiger charge is 2.22. The third kappa shape index (κ3) is 2.32. The normalized spacial score (nSPS) is 10.7. The number of halogens is 5. The molecule has 18 heavy (non-hydrogen) atoms. The van der Waals surface area contributed by atoms with Crippen LogP contribution in [0, 0.1) is 17.5 Å². The van der Waals surface area contributed by atoms with Gasteiger partial charge in [-0.1, -0.05) is 11.6 Å². The molecule has 0 aliphatic rings. The molecule has 0 N–H and O–H groups in total. The van der Waals surface area contributed by atoms with Crippen molar-refractivity contribution < 1.29 is 18.0 Å². The van der Waals surface area contributed by atoms with Crippen molar-refractivity contribution in [3.05, 3.63) is 54.9 Å². The van der Waals surface area contributed by atoms with Crippen molar-refractivity contribution in [2.24, 2.45) is 0 Å². The van der Waals surface area contributed by atoms with Gasteiger partial charge in [0.05, 0.1) is 10.4 Å². The second kappa shape index (κ2) is 5.03. The highest BCUT2D eigenvalue weighted by molar-refractivity contribution is 9.10. The van der Waals surface area contributed by atoms with E-state index < -0.39 is 28.8 Å². The Morgan fingerprint density at radius 3 is 2.44 bits per heavy atom. The minimum Gasteiger partial charge on any atom is -0.288 e. The van der Waals surface area contributed by atoms with Gasteiger partial charge in [0.1, 0.15) is 4.34 Å². The molecular formula is C11H3BrClF3OS. The molecule has 0 saturated heterocycles. The molecule has 1 aromatic carbocycles. The lowest BCUT2D eigenvalue weighted by Crippen LogP contribution is -2.05. The number of hydrogen-bond acceptors (Lipinski definition) is 2. The molecule has 0 aliphatic heterocycles. The number of thiophene rings is 1. The summed E-state index contributed by atoms with van der Waals surface area (Å²) in [5.74, 6) is -5.25. The van der Waals surface area contributed by atoms with Gasteiger partial charge in [0.15, 0.2) is 17.5 Å². The SMILES string of the molecule is O=C(c1cc(Br)c(Cl)s1)c1ccc(F)c(F)c1F. The van der Waals surface area contributed by atoms with E-state index in [9.17, 15) is 18.0 Å². The molecule has 94 valence electrons. The number of rotatable bonds is 2. The van der Waals surface area contributed by atoms with Gasteiger partial charge in [-0.05, 0) is 34.1 Å². The summed E-state index contributed by atoms with van der Waals surface area (Å²) in [5.41, 5.74) is -0.528. The predicted molar refractivity (Wildman–Crippen MR) is 66.8 cm³/mol. The standard InChI is InChI=1S/C11H3BrClF3OS/c12-5-3-7(18-11(5)13)10(17)4-1-2-6(14)9(16)8(4)15/h1-3H. The molecule has 0 unspecified atom stereocenters. The predicted octanol–water partition coefficient (Wildman–Crippen LogP) is 4.81. The number of benzene rings is 1. The molecule has 0 amide bonds. The Morgan fingerprint density at radius 1 is 1.22 bits per heavy atom. The Bertz CT molecular complexity index is 622. The van der Waals surface area contributed by atoms with Gasteiger partial charge in [-0.15, -0.1) is 11.3 Å². The van der Waals surface area contributed by atoms with Gasteiger partial charge in [-0.2, -0.15) is 0 Å². The van der Waals surface area contributed by atoms with Crippen molar-refractivity contribution in [2.75, 3.05) is 0 Å². The van der Waals surface area contributed by atoms with Gasteiger partial charge in [0.25, 0.3) is 0 Å². The van der Waals surface area contributed by atoms with Gasteiger partial charge >= 0.3 is 0 Å². The molecule has 7 heteroatoms. The van der Waals surface area contributed by atoms with Crippen LogP contribution in [0.4, 0.5) is 13.2 Å². The highest BCUT2D eigenvalue weighted by Crippen LogP contribution is 2.33. The fraction of sp³-hybridized carbons (Fsp3) is 0. The Hall–Kier alpha value is -0.850. The molecule has 0 aliphatic carbocycles. The summed E-state index contributed by atoms with van der Waals surface area (Å²) >= 11 is 9.77. The van der Waals surface area contributed by atoms with E-state index in [-0.39, 0.29) is 4.88 Å². The molecular weight excluding hydrogens is 353 g/mol. The van der Waals surface area contributed by atoms with Gasteiger partial charge in [-0.3, -0.25) is 4.79 Å². The van der Waals surface area contributed by atoms with Crippen LogP contribution >= 0.6 is 38.9 Å². The van der Waals surface area contributed by atoms with Crippen LogP contribution in [0.25, 0.3) is 0 Å². The van der Waals surface area contributed by atoms with E-state index in [1.807, 2.05) is 0 Å². The lowest BCUT2D eigenvalue weighted by Gasteiger charge is -2.01. The van der Waals surface area contributed by atoms with Crippen LogP contribution < -0.4 is 0 Å². The van der Waals surface area contributed by atoms with Crippen molar-refractivity contribution in [3.8, 4) is 0 Å². The summed E-state index contributed by atoms with van der Waals surface area (Å²) in [4.78, 5) is 12.0. The van der Waals surface area contributed by atoms with E-state index in [0.717, 1.165) is 17.4 Å². The Kier molecular flexibility index (Phi) is 3.79. The summed E-state index contributed by atoms with van der Waals surface area (Å²) in [5, 5.41) is 0. The summed E-state index contributed by atoms with van der Waals surface area (Å²) in [6.07, 6.45) is 0. The first-order chi connectivity index (χ1) is 8.41. The topological polar surface area (TPSA) is 17.1 Å². The zero-order valence-electron chi connectivity index (χ0n) is 8.44. The van der Waals surface area contributed by atoms with Crippen molar-refractivity contribution in [1.82, 2.24) is 0 Å². The van der Waals surface area contributed by atoms with Crippen molar-refractivity contribution in [1.29, 1.82) is 0 Å². The Morgan fingerprint density at radius 2 is 1.89 bits per heavy atom. The summed E-state index contributed by atoms with van der Waals surface area (Å²) in [7, 11) is 0. The zero-order chi connectivity index (χ0) is 13.4. The van der Waals surface area contributed by atoms with Crippen LogP contribution in [0.2, 0.25) is 4.34 Å².